The average molecular weight is 289 g/mol. The third-order valence-corrected chi connectivity index (χ3v) is 3.34. The van der Waals surface area contributed by atoms with Crippen LogP contribution in [0.2, 0.25) is 10.0 Å². The minimum absolute atomic E-state index is 0.0499. The van der Waals surface area contributed by atoms with Crippen molar-refractivity contribution in [3.05, 3.63) is 32.6 Å². The molecular weight excluding hydrogens is 283 g/mol. The Balaban J connectivity index is 2.46. The Morgan fingerprint density at radius 3 is 2.71 bits per heavy atom. The second-order valence-electron chi connectivity index (χ2n) is 3.22. The van der Waals surface area contributed by atoms with Crippen molar-refractivity contribution in [3.8, 4) is 5.75 Å². The van der Waals surface area contributed by atoms with Crippen LogP contribution in [0.3, 0.4) is 0 Å². The molecule has 17 heavy (non-hydrogen) atoms. The van der Waals surface area contributed by atoms with Gasteiger partial charge in [0.2, 0.25) is 0 Å². The van der Waals surface area contributed by atoms with Crippen LogP contribution in [0.5, 0.6) is 5.75 Å². The SMILES string of the molecule is N=C1NC(=O)/C(=C/c2cc(Cl)cc(Cl)c2O)S1. The van der Waals surface area contributed by atoms with Crippen LogP contribution < -0.4 is 5.32 Å². The number of thioether (sulfide) groups is 1. The molecule has 3 N–H and O–H groups in total. The summed E-state index contributed by atoms with van der Waals surface area (Å²) in [5, 5.41) is 19.8. The van der Waals surface area contributed by atoms with Crippen LogP contribution in [-0.2, 0) is 4.79 Å². The Hall–Kier alpha value is -1.17. The number of carbonyl (C=O) groups is 1. The highest BCUT2D eigenvalue weighted by Gasteiger charge is 2.22. The highest BCUT2D eigenvalue weighted by atomic mass is 35.5. The summed E-state index contributed by atoms with van der Waals surface area (Å²) in [6, 6.07) is 2.90. The predicted molar refractivity (Wildman–Crippen MR) is 69.6 cm³/mol. The van der Waals surface area contributed by atoms with E-state index in [2.05, 4.69) is 5.32 Å². The molecule has 1 aliphatic heterocycles. The summed E-state index contributed by atoms with van der Waals surface area (Å²) < 4.78 is 0. The first-order valence-corrected chi connectivity index (χ1v) is 6.02. The van der Waals surface area contributed by atoms with Gasteiger partial charge >= 0.3 is 0 Å². The lowest BCUT2D eigenvalue weighted by Gasteiger charge is -2.03. The molecule has 0 saturated carbocycles. The van der Waals surface area contributed by atoms with E-state index in [1.54, 1.807) is 0 Å². The molecule has 0 atom stereocenters. The van der Waals surface area contributed by atoms with Crippen LogP contribution in [0.15, 0.2) is 17.0 Å². The van der Waals surface area contributed by atoms with Gasteiger partial charge in [-0.15, -0.1) is 0 Å². The van der Waals surface area contributed by atoms with E-state index >= 15 is 0 Å². The Labute approximate surface area is 111 Å². The number of hydrogen-bond acceptors (Lipinski definition) is 4. The zero-order valence-corrected chi connectivity index (χ0v) is 10.6. The van der Waals surface area contributed by atoms with E-state index in [1.807, 2.05) is 0 Å². The summed E-state index contributed by atoms with van der Waals surface area (Å²) in [5.41, 5.74) is 0.342. The van der Waals surface area contributed by atoms with Crippen molar-refractivity contribution in [2.24, 2.45) is 0 Å². The molecule has 88 valence electrons. The highest BCUT2D eigenvalue weighted by Crippen LogP contribution is 2.34. The third kappa shape index (κ3) is 2.57. The van der Waals surface area contributed by atoms with Gasteiger partial charge < -0.3 is 10.4 Å². The summed E-state index contributed by atoms with van der Waals surface area (Å²) in [4.78, 5) is 11.7. The second-order valence-corrected chi connectivity index (χ2v) is 5.12. The fraction of sp³-hybridized carbons (Fsp3) is 0. The van der Waals surface area contributed by atoms with Crippen LogP contribution in [0.25, 0.3) is 6.08 Å². The van der Waals surface area contributed by atoms with Crippen molar-refractivity contribution in [1.82, 2.24) is 5.32 Å². The van der Waals surface area contributed by atoms with Gasteiger partial charge in [0, 0.05) is 10.6 Å². The standard InChI is InChI=1S/C10H6Cl2N2O2S/c11-5-1-4(8(15)6(12)3-5)2-7-9(16)14-10(13)17-7/h1-3,15H,(H2,13,14,16)/b7-2-. The zero-order valence-electron chi connectivity index (χ0n) is 8.25. The molecule has 1 aromatic carbocycles. The number of amides is 1. The predicted octanol–water partition coefficient (Wildman–Crippen LogP) is 2.84. The van der Waals surface area contributed by atoms with Crippen LogP contribution >= 0.6 is 35.0 Å². The molecule has 1 fully saturated rings. The highest BCUT2D eigenvalue weighted by molar-refractivity contribution is 8.18. The number of rotatable bonds is 1. The third-order valence-electron chi connectivity index (χ3n) is 2.01. The van der Waals surface area contributed by atoms with Crippen LogP contribution in [-0.4, -0.2) is 16.2 Å². The van der Waals surface area contributed by atoms with E-state index < -0.39 is 0 Å². The molecule has 2 rings (SSSR count). The average Bonchev–Trinajstić information content (AvgIpc) is 2.53. The first-order valence-electron chi connectivity index (χ1n) is 4.45. The Bertz CT molecular complexity index is 557. The number of phenols is 1. The van der Waals surface area contributed by atoms with Gasteiger partial charge in [-0.2, -0.15) is 0 Å². The van der Waals surface area contributed by atoms with Gasteiger partial charge in [0.25, 0.3) is 5.91 Å². The molecule has 1 saturated heterocycles. The molecule has 0 aromatic heterocycles. The number of phenolic OH excluding ortho intramolecular Hbond substituents is 1. The Kier molecular flexibility index (Phi) is 3.33. The minimum atomic E-state index is -0.379. The Morgan fingerprint density at radius 1 is 1.41 bits per heavy atom. The lowest BCUT2D eigenvalue weighted by Crippen LogP contribution is -2.18. The van der Waals surface area contributed by atoms with Crippen molar-refractivity contribution in [3.63, 3.8) is 0 Å². The largest absolute Gasteiger partial charge is 0.506 e. The van der Waals surface area contributed by atoms with Gasteiger partial charge in [-0.1, -0.05) is 23.2 Å². The summed E-state index contributed by atoms with van der Waals surface area (Å²) in [6.45, 7) is 0. The molecule has 7 heteroatoms. The van der Waals surface area contributed by atoms with E-state index in [0.29, 0.717) is 15.5 Å². The normalized spacial score (nSPS) is 17.6. The van der Waals surface area contributed by atoms with Gasteiger partial charge in [0.1, 0.15) is 5.75 Å². The van der Waals surface area contributed by atoms with Gasteiger partial charge in [0.05, 0.1) is 9.93 Å². The van der Waals surface area contributed by atoms with E-state index in [-0.39, 0.29) is 21.8 Å². The first kappa shape index (κ1) is 12.3. The molecule has 0 bridgehead atoms. The molecule has 0 unspecified atom stereocenters. The number of hydrogen-bond donors (Lipinski definition) is 3. The number of amidine groups is 1. The smallest absolute Gasteiger partial charge is 0.264 e. The number of nitrogens with one attached hydrogen (secondary N) is 2. The summed E-state index contributed by atoms with van der Waals surface area (Å²) in [7, 11) is 0. The van der Waals surface area contributed by atoms with E-state index in [9.17, 15) is 9.90 Å². The summed E-state index contributed by atoms with van der Waals surface area (Å²) >= 11 is 12.5. The first-order chi connectivity index (χ1) is 7.97. The van der Waals surface area contributed by atoms with E-state index in [0.717, 1.165) is 11.8 Å². The molecule has 4 nitrogen and oxygen atoms in total. The quantitative estimate of drug-likeness (QED) is 0.696. The van der Waals surface area contributed by atoms with E-state index in [1.165, 1.54) is 18.2 Å². The van der Waals surface area contributed by atoms with Gasteiger partial charge in [0.15, 0.2) is 5.17 Å². The minimum Gasteiger partial charge on any atom is -0.506 e. The number of benzene rings is 1. The van der Waals surface area contributed by atoms with Crippen molar-refractivity contribution in [2.75, 3.05) is 0 Å². The monoisotopic (exact) mass is 288 g/mol. The van der Waals surface area contributed by atoms with Crippen molar-refractivity contribution >= 4 is 52.1 Å². The molecule has 0 spiro atoms. The molecule has 1 aromatic rings. The van der Waals surface area contributed by atoms with Crippen molar-refractivity contribution in [2.45, 2.75) is 0 Å². The van der Waals surface area contributed by atoms with Gasteiger partial charge in [-0.3, -0.25) is 10.2 Å². The lowest BCUT2D eigenvalue weighted by atomic mass is 10.2. The molecule has 1 heterocycles. The van der Waals surface area contributed by atoms with Crippen molar-refractivity contribution < 1.29 is 9.90 Å². The Morgan fingerprint density at radius 2 is 2.12 bits per heavy atom. The van der Waals surface area contributed by atoms with E-state index in [4.69, 9.17) is 28.6 Å². The molecular formula is C10H6Cl2N2O2S. The molecule has 1 amide bonds. The topological polar surface area (TPSA) is 73.2 Å². The number of halogens is 2. The van der Waals surface area contributed by atoms with Crippen molar-refractivity contribution in [1.29, 1.82) is 5.41 Å². The zero-order chi connectivity index (χ0) is 12.6. The van der Waals surface area contributed by atoms with Crippen LogP contribution in [0.1, 0.15) is 5.56 Å². The van der Waals surface area contributed by atoms with Crippen LogP contribution in [0, 0.1) is 5.41 Å². The lowest BCUT2D eigenvalue weighted by molar-refractivity contribution is -0.115. The maximum absolute atomic E-state index is 11.4. The number of carbonyl (C=O) groups excluding carboxylic acids is 1. The summed E-state index contributed by atoms with van der Waals surface area (Å²) in [6.07, 6.45) is 1.44. The second kappa shape index (κ2) is 4.60. The van der Waals surface area contributed by atoms with Gasteiger partial charge in [-0.05, 0) is 30.0 Å². The van der Waals surface area contributed by atoms with Crippen LogP contribution in [0.4, 0.5) is 0 Å². The number of aromatic hydroxyl groups is 1. The molecule has 0 radical (unpaired) electrons. The van der Waals surface area contributed by atoms with Gasteiger partial charge in [-0.25, -0.2) is 0 Å². The molecule has 0 aliphatic carbocycles. The molecule has 1 aliphatic rings. The maximum Gasteiger partial charge on any atom is 0.264 e. The fourth-order valence-corrected chi connectivity index (χ4v) is 2.48. The fourth-order valence-electron chi connectivity index (χ4n) is 1.28. The summed E-state index contributed by atoms with van der Waals surface area (Å²) in [5.74, 6) is -0.522. The maximum atomic E-state index is 11.4.